The topological polar surface area (TPSA) is 102 Å². The van der Waals surface area contributed by atoms with Crippen LogP contribution in [0.15, 0.2) is 53.5 Å². The van der Waals surface area contributed by atoms with Gasteiger partial charge >= 0.3 is 0 Å². The standard InChI is InChI=1S/C15H15N5O/c16-14(17)20-15-18-12-7-6-11(8-13(12)19-15)21-9-10-4-2-1-3-5-10/h1-8H,9H2,(H5,16,17,18,19,20). The molecular weight excluding hydrogens is 266 g/mol. The van der Waals surface area contributed by atoms with Gasteiger partial charge in [-0.05, 0) is 17.7 Å². The Bertz CT molecular complexity index is 775. The van der Waals surface area contributed by atoms with Crippen molar-refractivity contribution in [1.82, 2.24) is 9.97 Å². The molecule has 106 valence electrons. The van der Waals surface area contributed by atoms with Crippen LogP contribution < -0.4 is 16.2 Å². The van der Waals surface area contributed by atoms with Gasteiger partial charge in [0.2, 0.25) is 5.95 Å². The van der Waals surface area contributed by atoms with Crippen LogP contribution in [0.5, 0.6) is 5.75 Å². The highest BCUT2D eigenvalue weighted by molar-refractivity contribution is 5.82. The van der Waals surface area contributed by atoms with Crippen molar-refractivity contribution in [2.24, 2.45) is 16.5 Å². The number of ether oxygens (including phenoxy) is 1. The van der Waals surface area contributed by atoms with Crippen molar-refractivity contribution < 1.29 is 4.74 Å². The molecule has 0 saturated carbocycles. The van der Waals surface area contributed by atoms with Crippen LogP contribution in [0.25, 0.3) is 11.0 Å². The number of aromatic amines is 1. The highest BCUT2D eigenvalue weighted by Crippen LogP contribution is 2.22. The van der Waals surface area contributed by atoms with Crippen LogP contribution in [0.1, 0.15) is 5.56 Å². The lowest BCUT2D eigenvalue weighted by Crippen LogP contribution is -2.22. The number of H-pyrrole nitrogens is 1. The SMILES string of the molecule is NC(N)=Nc1nc2ccc(OCc3ccccc3)cc2[nH]1. The maximum absolute atomic E-state index is 5.76. The molecule has 21 heavy (non-hydrogen) atoms. The number of rotatable bonds is 4. The number of aliphatic imine (C=N–C) groups is 1. The first-order chi connectivity index (χ1) is 10.2. The molecule has 6 nitrogen and oxygen atoms in total. The summed E-state index contributed by atoms with van der Waals surface area (Å²) in [7, 11) is 0. The minimum atomic E-state index is -0.0328. The van der Waals surface area contributed by atoms with Crippen LogP contribution in [-0.4, -0.2) is 15.9 Å². The number of hydrogen-bond acceptors (Lipinski definition) is 3. The summed E-state index contributed by atoms with van der Waals surface area (Å²) in [5.41, 5.74) is 13.4. The van der Waals surface area contributed by atoms with Gasteiger partial charge in [-0.1, -0.05) is 30.3 Å². The summed E-state index contributed by atoms with van der Waals surface area (Å²) in [4.78, 5) is 11.2. The highest BCUT2D eigenvalue weighted by atomic mass is 16.5. The van der Waals surface area contributed by atoms with Crippen molar-refractivity contribution in [2.75, 3.05) is 0 Å². The Labute approximate surface area is 121 Å². The molecule has 0 amide bonds. The van der Waals surface area contributed by atoms with Crippen molar-refractivity contribution in [3.63, 3.8) is 0 Å². The number of nitrogens with zero attached hydrogens (tertiary/aromatic N) is 2. The van der Waals surface area contributed by atoms with E-state index < -0.39 is 0 Å². The molecule has 3 aromatic rings. The van der Waals surface area contributed by atoms with E-state index in [-0.39, 0.29) is 5.96 Å². The minimum absolute atomic E-state index is 0.0328. The largest absolute Gasteiger partial charge is 0.489 e. The van der Waals surface area contributed by atoms with Gasteiger partial charge in [-0.15, -0.1) is 0 Å². The Kier molecular flexibility index (Phi) is 3.42. The Morgan fingerprint density at radius 3 is 2.71 bits per heavy atom. The number of aromatic nitrogens is 2. The minimum Gasteiger partial charge on any atom is -0.489 e. The number of guanidine groups is 1. The molecule has 6 heteroatoms. The number of nitrogens with two attached hydrogens (primary N) is 2. The van der Waals surface area contributed by atoms with Crippen LogP contribution in [0.2, 0.25) is 0 Å². The third kappa shape index (κ3) is 3.11. The fraction of sp³-hybridized carbons (Fsp3) is 0.0667. The molecule has 0 radical (unpaired) electrons. The van der Waals surface area contributed by atoms with Crippen molar-refractivity contribution in [1.29, 1.82) is 0 Å². The van der Waals surface area contributed by atoms with E-state index >= 15 is 0 Å². The van der Waals surface area contributed by atoms with Gasteiger partial charge in [0.05, 0.1) is 11.0 Å². The van der Waals surface area contributed by atoms with Gasteiger partial charge in [0, 0.05) is 6.07 Å². The lowest BCUT2D eigenvalue weighted by atomic mass is 10.2. The molecular formula is C15H15N5O. The van der Waals surface area contributed by atoms with E-state index in [4.69, 9.17) is 16.2 Å². The Morgan fingerprint density at radius 1 is 1.14 bits per heavy atom. The summed E-state index contributed by atoms with van der Waals surface area (Å²) >= 11 is 0. The zero-order chi connectivity index (χ0) is 14.7. The van der Waals surface area contributed by atoms with E-state index in [0.717, 1.165) is 22.3 Å². The first-order valence-corrected chi connectivity index (χ1v) is 6.47. The lowest BCUT2D eigenvalue weighted by molar-refractivity contribution is 0.306. The molecule has 1 aromatic heterocycles. The van der Waals surface area contributed by atoms with Gasteiger partial charge in [-0.2, -0.15) is 4.99 Å². The second kappa shape index (κ2) is 5.54. The summed E-state index contributed by atoms with van der Waals surface area (Å²) in [5.74, 6) is 1.10. The van der Waals surface area contributed by atoms with E-state index in [9.17, 15) is 0 Å². The van der Waals surface area contributed by atoms with Crippen LogP contribution in [0.3, 0.4) is 0 Å². The third-order valence-electron chi connectivity index (χ3n) is 2.92. The summed E-state index contributed by atoms with van der Waals surface area (Å²) in [5, 5.41) is 0. The van der Waals surface area contributed by atoms with E-state index in [1.807, 2.05) is 48.5 Å². The van der Waals surface area contributed by atoms with Gasteiger partial charge in [0.25, 0.3) is 0 Å². The van der Waals surface area contributed by atoms with Gasteiger partial charge < -0.3 is 21.2 Å². The summed E-state index contributed by atoms with van der Waals surface area (Å²) < 4.78 is 5.76. The van der Waals surface area contributed by atoms with E-state index in [0.29, 0.717) is 12.6 Å². The van der Waals surface area contributed by atoms with Crippen LogP contribution >= 0.6 is 0 Å². The third-order valence-corrected chi connectivity index (χ3v) is 2.92. The smallest absolute Gasteiger partial charge is 0.231 e. The van der Waals surface area contributed by atoms with Gasteiger partial charge in [-0.3, -0.25) is 0 Å². The molecule has 2 aromatic carbocycles. The number of fused-ring (bicyclic) bond motifs is 1. The van der Waals surface area contributed by atoms with Gasteiger partial charge in [0.1, 0.15) is 12.4 Å². The first-order valence-electron chi connectivity index (χ1n) is 6.47. The van der Waals surface area contributed by atoms with Crippen molar-refractivity contribution in [3.8, 4) is 5.75 Å². The second-order valence-electron chi connectivity index (χ2n) is 4.55. The average Bonchev–Trinajstić information content (AvgIpc) is 2.86. The Hall–Kier alpha value is -3.02. The maximum atomic E-state index is 5.76. The first kappa shape index (κ1) is 13.0. The second-order valence-corrected chi connectivity index (χ2v) is 4.55. The fourth-order valence-corrected chi connectivity index (χ4v) is 1.98. The monoisotopic (exact) mass is 281 g/mol. The highest BCUT2D eigenvalue weighted by Gasteiger charge is 2.04. The average molecular weight is 281 g/mol. The van der Waals surface area contributed by atoms with Gasteiger partial charge in [0.15, 0.2) is 5.96 Å². The molecule has 0 spiro atoms. The predicted molar refractivity (Wildman–Crippen MR) is 82.3 cm³/mol. The molecule has 0 aliphatic carbocycles. The molecule has 3 rings (SSSR count). The number of imidazole rings is 1. The molecule has 0 aliphatic rings. The molecule has 0 bridgehead atoms. The zero-order valence-electron chi connectivity index (χ0n) is 11.3. The quantitative estimate of drug-likeness (QED) is 0.503. The summed E-state index contributed by atoms with van der Waals surface area (Å²) in [6.45, 7) is 0.515. The van der Waals surface area contributed by atoms with Crippen molar-refractivity contribution in [2.45, 2.75) is 6.61 Å². The molecule has 0 aliphatic heterocycles. The lowest BCUT2D eigenvalue weighted by Gasteiger charge is -2.05. The molecule has 0 unspecified atom stereocenters. The van der Waals surface area contributed by atoms with Crippen LogP contribution in [0, 0.1) is 0 Å². The number of hydrogen-bond donors (Lipinski definition) is 3. The number of nitrogens with one attached hydrogen (secondary N) is 1. The van der Waals surface area contributed by atoms with Crippen LogP contribution in [0.4, 0.5) is 5.95 Å². The fourth-order valence-electron chi connectivity index (χ4n) is 1.98. The molecule has 1 heterocycles. The normalized spacial score (nSPS) is 10.5. The summed E-state index contributed by atoms with van der Waals surface area (Å²) in [6, 6.07) is 15.6. The summed E-state index contributed by atoms with van der Waals surface area (Å²) in [6.07, 6.45) is 0. The molecule has 0 fully saturated rings. The number of benzene rings is 2. The molecule has 5 N–H and O–H groups in total. The predicted octanol–water partition coefficient (Wildman–Crippen LogP) is 2.05. The Balaban J connectivity index is 1.79. The zero-order valence-corrected chi connectivity index (χ0v) is 11.3. The van der Waals surface area contributed by atoms with Crippen molar-refractivity contribution >= 4 is 22.9 Å². The van der Waals surface area contributed by atoms with Crippen LogP contribution in [-0.2, 0) is 6.61 Å². The van der Waals surface area contributed by atoms with Crippen molar-refractivity contribution in [3.05, 3.63) is 54.1 Å². The molecule has 0 saturated heterocycles. The maximum Gasteiger partial charge on any atom is 0.231 e. The van der Waals surface area contributed by atoms with Gasteiger partial charge in [-0.25, -0.2) is 4.98 Å². The van der Waals surface area contributed by atoms with E-state index in [1.165, 1.54) is 0 Å². The molecule has 0 atom stereocenters. The van der Waals surface area contributed by atoms with E-state index in [1.54, 1.807) is 0 Å². The van der Waals surface area contributed by atoms with E-state index in [2.05, 4.69) is 15.0 Å². The Morgan fingerprint density at radius 2 is 1.95 bits per heavy atom.